The molecule has 264 valence electrons. The van der Waals surface area contributed by atoms with Crippen LogP contribution >= 0.6 is 0 Å². The molecule has 1 N–H and O–H groups in total. The molecule has 1 aromatic carbocycles. The summed E-state index contributed by atoms with van der Waals surface area (Å²) in [6.07, 6.45) is 9.54. The largest absolute Gasteiger partial charge is 0.444 e. The van der Waals surface area contributed by atoms with Gasteiger partial charge in [0.15, 0.2) is 5.43 Å². The van der Waals surface area contributed by atoms with Crippen LogP contribution in [0, 0.1) is 13.8 Å². The summed E-state index contributed by atoms with van der Waals surface area (Å²) in [7, 11) is 0. The van der Waals surface area contributed by atoms with Gasteiger partial charge in [0, 0.05) is 73.0 Å². The van der Waals surface area contributed by atoms with Crippen molar-refractivity contribution in [2.45, 2.75) is 110 Å². The van der Waals surface area contributed by atoms with Gasteiger partial charge in [0.25, 0.3) is 0 Å². The smallest absolute Gasteiger partial charge is 0.410 e. The maximum Gasteiger partial charge on any atom is 0.410 e. The summed E-state index contributed by atoms with van der Waals surface area (Å²) in [6.45, 7) is 12.9. The van der Waals surface area contributed by atoms with E-state index in [0.717, 1.165) is 79.0 Å². The number of amides is 1. The maximum absolute atomic E-state index is 14.4. The molecular weight excluding hydrogens is 628 g/mol. The molecule has 0 unspecified atom stereocenters. The molecular formula is C40H50N6O4. The van der Waals surface area contributed by atoms with Gasteiger partial charge >= 0.3 is 6.09 Å². The van der Waals surface area contributed by atoms with Crippen molar-refractivity contribution in [2.24, 2.45) is 0 Å². The van der Waals surface area contributed by atoms with Crippen molar-refractivity contribution >= 4 is 22.7 Å². The number of benzene rings is 1. The standard InChI is InChI=1S/C40H50N6O4/c1-26-8-10-32(20-42-26)43-16-6-7-33(24-43)44(21-28-14-15-41-27(2)17-28)22-30-23-45(31-11-12-31)37-18-29(9-13-35(37)38(30)48)36-19-34(47)25-46(36)39(49)50-40(3,4)5/h8-10,13-15,17-18,20,23,31,33-34,36,47H,6-7,11-12,16,19,21-22,24-25H2,1-5H3/t33-,34+,36+/m0/s1. The van der Waals surface area contributed by atoms with Crippen LogP contribution in [0.5, 0.6) is 0 Å². The fraction of sp³-hybridized carbons (Fsp3) is 0.500. The number of ether oxygens (including phenoxy) is 1. The molecule has 4 aromatic rings. The zero-order chi connectivity index (χ0) is 35.2. The van der Waals surface area contributed by atoms with Crippen molar-refractivity contribution in [3.8, 4) is 0 Å². The van der Waals surface area contributed by atoms with E-state index in [0.29, 0.717) is 24.4 Å². The molecule has 3 aromatic heterocycles. The number of fused-ring (bicyclic) bond motifs is 1. The summed E-state index contributed by atoms with van der Waals surface area (Å²) in [5.74, 6) is 0. The van der Waals surface area contributed by atoms with Gasteiger partial charge in [-0.3, -0.25) is 24.6 Å². The normalized spacial score (nSPS) is 21.3. The molecule has 1 saturated carbocycles. The van der Waals surface area contributed by atoms with Crippen molar-refractivity contribution < 1.29 is 14.6 Å². The Balaban J connectivity index is 1.22. The predicted octanol–water partition coefficient (Wildman–Crippen LogP) is 6.46. The second-order valence-corrected chi connectivity index (χ2v) is 15.5. The fourth-order valence-electron chi connectivity index (χ4n) is 7.65. The highest BCUT2D eigenvalue weighted by Gasteiger charge is 2.38. The van der Waals surface area contributed by atoms with E-state index < -0.39 is 17.8 Å². The van der Waals surface area contributed by atoms with Crippen molar-refractivity contribution in [1.82, 2.24) is 24.3 Å². The average molecular weight is 679 g/mol. The van der Waals surface area contributed by atoms with E-state index in [9.17, 15) is 14.7 Å². The minimum Gasteiger partial charge on any atom is -0.444 e. The molecule has 1 amide bonds. The molecule has 5 heterocycles. The van der Waals surface area contributed by atoms with E-state index in [1.54, 1.807) is 4.90 Å². The summed E-state index contributed by atoms with van der Waals surface area (Å²) in [4.78, 5) is 43.1. The first kappa shape index (κ1) is 34.2. The number of aliphatic hydroxyl groups is 1. The van der Waals surface area contributed by atoms with Gasteiger partial charge in [0.05, 0.1) is 36.1 Å². The third-order valence-corrected chi connectivity index (χ3v) is 10.3. The lowest BCUT2D eigenvalue weighted by molar-refractivity contribution is 0.0206. The Morgan fingerprint density at radius 3 is 2.54 bits per heavy atom. The number of carbonyl (C=O) groups excluding carboxylic acids is 1. The van der Waals surface area contributed by atoms with Gasteiger partial charge in [-0.15, -0.1) is 0 Å². The first-order valence-corrected chi connectivity index (χ1v) is 18.1. The number of anilines is 1. The number of aromatic nitrogens is 3. The number of β-amino-alcohol motifs (C(OH)–C–C–N with tert-alkyl or cyclic N) is 1. The van der Waals surface area contributed by atoms with E-state index in [4.69, 9.17) is 4.74 Å². The zero-order valence-corrected chi connectivity index (χ0v) is 30.0. The number of aryl methyl sites for hydroxylation is 2. The lowest BCUT2D eigenvalue weighted by Gasteiger charge is -2.40. The van der Waals surface area contributed by atoms with Crippen molar-refractivity contribution in [3.05, 3.63) is 99.4 Å². The Morgan fingerprint density at radius 1 is 1.00 bits per heavy atom. The Bertz CT molecular complexity index is 1910. The fourth-order valence-corrected chi connectivity index (χ4v) is 7.65. The molecule has 0 spiro atoms. The molecule has 3 aliphatic rings. The summed E-state index contributed by atoms with van der Waals surface area (Å²) in [5.41, 5.74) is 6.31. The third kappa shape index (κ3) is 7.56. The number of rotatable bonds is 8. The van der Waals surface area contributed by atoms with E-state index >= 15 is 0 Å². The summed E-state index contributed by atoms with van der Waals surface area (Å²) >= 11 is 0. The number of hydrogen-bond acceptors (Lipinski definition) is 8. The number of aliphatic hydroxyl groups excluding tert-OH is 1. The predicted molar refractivity (Wildman–Crippen MR) is 195 cm³/mol. The molecule has 0 radical (unpaired) electrons. The number of likely N-dealkylation sites (tertiary alicyclic amines) is 1. The molecule has 50 heavy (non-hydrogen) atoms. The molecule has 2 aliphatic heterocycles. The summed E-state index contributed by atoms with van der Waals surface area (Å²) in [5, 5.41) is 11.3. The number of hydrogen-bond donors (Lipinski definition) is 1. The van der Waals surface area contributed by atoms with Crippen molar-refractivity contribution in [3.63, 3.8) is 0 Å². The topological polar surface area (TPSA) is 104 Å². The lowest BCUT2D eigenvalue weighted by atomic mass is 9.99. The lowest BCUT2D eigenvalue weighted by Crippen LogP contribution is -2.48. The Hall–Kier alpha value is -4.28. The zero-order valence-electron chi connectivity index (χ0n) is 30.0. The van der Waals surface area contributed by atoms with Crippen LogP contribution in [0.25, 0.3) is 10.9 Å². The molecule has 3 fully saturated rings. The first-order chi connectivity index (χ1) is 23.9. The highest BCUT2D eigenvalue weighted by molar-refractivity contribution is 5.81. The van der Waals surface area contributed by atoms with Gasteiger partial charge in [-0.25, -0.2) is 4.79 Å². The maximum atomic E-state index is 14.4. The molecule has 1 aliphatic carbocycles. The van der Waals surface area contributed by atoms with Crippen LogP contribution < -0.4 is 10.3 Å². The summed E-state index contributed by atoms with van der Waals surface area (Å²) < 4.78 is 7.99. The highest BCUT2D eigenvalue weighted by atomic mass is 16.6. The first-order valence-electron chi connectivity index (χ1n) is 18.1. The van der Waals surface area contributed by atoms with Crippen LogP contribution in [0.1, 0.15) is 93.0 Å². The van der Waals surface area contributed by atoms with Crippen LogP contribution in [-0.2, 0) is 17.8 Å². The highest BCUT2D eigenvalue weighted by Crippen LogP contribution is 2.39. The van der Waals surface area contributed by atoms with E-state index in [1.165, 1.54) is 5.56 Å². The Labute approximate surface area is 294 Å². The van der Waals surface area contributed by atoms with Gasteiger partial charge < -0.3 is 19.3 Å². The number of nitrogens with zero attached hydrogens (tertiary/aromatic N) is 6. The van der Waals surface area contributed by atoms with E-state index in [-0.39, 0.29) is 24.1 Å². The molecule has 2 saturated heterocycles. The van der Waals surface area contributed by atoms with Gasteiger partial charge in [-0.05, 0) is 114 Å². The molecule has 0 bridgehead atoms. The third-order valence-electron chi connectivity index (χ3n) is 10.3. The van der Waals surface area contributed by atoms with Gasteiger partial charge in [-0.1, -0.05) is 6.07 Å². The SMILES string of the molecule is Cc1ccc(N2CCC[C@H](N(Cc3ccnc(C)c3)Cc3cn(C4CC4)c4cc([C@H]5C[C@@H](O)CN5C(=O)OC(C)(C)C)ccc4c3=O)C2)cn1. The second kappa shape index (κ2) is 13.8. The van der Waals surface area contributed by atoms with E-state index in [1.807, 2.05) is 59.1 Å². The summed E-state index contributed by atoms with van der Waals surface area (Å²) in [6, 6.07) is 14.6. The average Bonchev–Trinajstić information content (AvgIpc) is 3.85. The second-order valence-electron chi connectivity index (χ2n) is 15.5. The minimum absolute atomic E-state index is 0.0465. The number of carbonyl (C=O) groups is 1. The van der Waals surface area contributed by atoms with Crippen LogP contribution in [0.15, 0.2) is 65.8 Å². The van der Waals surface area contributed by atoms with Crippen molar-refractivity contribution in [1.29, 1.82) is 0 Å². The Morgan fingerprint density at radius 2 is 1.82 bits per heavy atom. The van der Waals surface area contributed by atoms with Gasteiger partial charge in [0.2, 0.25) is 0 Å². The Kier molecular flexibility index (Phi) is 9.43. The molecule has 3 atom stereocenters. The monoisotopic (exact) mass is 678 g/mol. The molecule has 7 rings (SSSR count). The van der Waals surface area contributed by atoms with Crippen LogP contribution in [0.4, 0.5) is 10.5 Å². The number of piperidine rings is 1. The molecule has 10 heteroatoms. The molecule has 10 nitrogen and oxygen atoms in total. The van der Waals surface area contributed by atoms with Crippen molar-refractivity contribution in [2.75, 3.05) is 24.5 Å². The van der Waals surface area contributed by atoms with Gasteiger partial charge in [-0.2, -0.15) is 0 Å². The van der Waals surface area contributed by atoms with Crippen LogP contribution in [0.2, 0.25) is 0 Å². The van der Waals surface area contributed by atoms with Crippen LogP contribution in [0.3, 0.4) is 0 Å². The van der Waals surface area contributed by atoms with E-state index in [2.05, 4.69) is 60.9 Å². The van der Waals surface area contributed by atoms with Crippen LogP contribution in [-0.4, -0.2) is 72.9 Å². The quantitative estimate of drug-likeness (QED) is 0.227. The number of pyridine rings is 3. The minimum atomic E-state index is -0.640. The van der Waals surface area contributed by atoms with Gasteiger partial charge in [0.1, 0.15) is 5.60 Å².